The Bertz CT molecular complexity index is 857. The third-order valence-electron chi connectivity index (χ3n) is 3.89. The zero-order valence-electron chi connectivity index (χ0n) is 13.9. The maximum atomic E-state index is 12.1. The molecule has 3 rings (SSSR count). The second kappa shape index (κ2) is 7.94. The molecule has 25 heavy (non-hydrogen) atoms. The number of imidazole rings is 1. The molecule has 7 heteroatoms. The molecule has 3 aromatic rings. The maximum Gasteiger partial charge on any atom is 0.261 e. The number of fused-ring (bicyclic) bond motifs is 1. The Balaban J connectivity index is 1.42. The molecule has 130 valence electrons. The Labute approximate surface area is 149 Å². The number of nitrogens with one attached hydrogen (secondary N) is 2. The van der Waals surface area contributed by atoms with Gasteiger partial charge >= 0.3 is 0 Å². The molecule has 0 aliphatic carbocycles. The average molecular weight is 356 g/mol. The van der Waals surface area contributed by atoms with Crippen molar-refractivity contribution in [1.29, 1.82) is 0 Å². The maximum absolute atomic E-state index is 12.1. The fourth-order valence-corrected chi connectivity index (χ4v) is 3.17. The molecule has 1 aromatic carbocycles. The number of thiophene rings is 1. The van der Waals surface area contributed by atoms with Crippen LogP contribution in [0.25, 0.3) is 11.0 Å². The molecular formula is C18H20N4O2S. The van der Waals surface area contributed by atoms with E-state index in [1.165, 1.54) is 11.3 Å². The molecule has 0 aliphatic rings. The second-order valence-electron chi connectivity index (χ2n) is 5.74. The van der Waals surface area contributed by atoms with Gasteiger partial charge in [-0.15, -0.1) is 11.3 Å². The highest BCUT2D eigenvalue weighted by Crippen LogP contribution is 2.12. The minimum atomic E-state index is -0.566. The highest BCUT2D eigenvalue weighted by atomic mass is 32.1. The average Bonchev–Trinajstić information content (AvgIpc) is 3.28. The number of hydrogen-bond acceptors (Lipinski definition) is 4. The summed E-state index contributed by atoms with van der Waals surface area (Å²) in [4.78, 5) is 29.0. The molecule has 0 saturated heterocycles. The highest BCUT2D eigenvalue weighted by molar-refractivity contribution is 7.12. The summed E-state index contributed by atoms with van der Waals surface area (Å²) < 4.78 is 2.07. The Morgan fingerprint density at radius 1 is 1.24 bits per heavy atom. The van der Waals surface area contributed by atoms with Crippen LogP contribution in [0.1, 0.15) is 23.0 Å². The van der Waals surface area contributed by atoms with Crippen LogP contribution in [-0.4, -0.2) is 34.0 Å². The van der Waals surface area contributed by atoms with Crippen molar-refractivity contribution >= 4 is 34.2 Å². The van der Waals surface area contributed by atoms with E-state index in [9.17, 15) is 9.59 Å². The molecule has 2 N–H and O–H groups in total. The lowest BCUT2D eigenvalue weighted by Crippen LogP contribution is -2.45. The molecule has 2 heterocycles. The van der Waals surface area contributed by atoms with Crippen LogP contribution >= 0.6 is 11.3 Å². The minimum absolute atomic E-state index is 0.180. The Kier molecular flexibility index (Phi) is 5.45. The summed E-state index contributed by atoms with van der Waals surface area (Å²) in [6.45, 7) is 3.01. The second-order valence-corrected chi connectivity index (χ2v) is 6.69. The molecule has 2 aromatic heterocycles. The van der Waals surface area contributed by atoms with E-state index in [1.807, 2.05) is 42.0 Å². The number of rotatable bonds is 7. The van der Waals surface area contributed by atoms with Crippen molar-refractivity contribution < 1.29 is 9.59 Å². The molecule has 0 spiro atoms. The third-order valence-corrected chi connectivity index (χ3v) is 4.76. The lowest BCUT2D eigenvalue weighted by atomic mass is 10.3. The quantitative estimate of drug-likeness (QED) is 0.639. The topological polar surface area (TPSA) is 76.0 Å². The van der Waals surface area contributed by atoms with Gasteiger partial charge in [0.15, 0.2) is 0 Å². The van der Waals surface area contributed by atoms with Crippen LogP contribution in [0, 0.1) is 0 Å². The minimum Gasteiger partial charge on any atom is -0.354 e. The first kappa shape index (κ1) is 17.2. The van der Waals surface area contributed by atoms with Gasteiger partial charge in [-0.25, -0.2) is 4.98 Å². The zero-order valence-corrected chi connectivity index (χ0v) is 14.8. The summed E-state index contributed by atoms with van der Waals surface area (Å²) in [5, 5.41) is 7.40. The van der Waals surface area contributed by atoms with E-state index in [0.717, 1.165) is 24.0 Å². The molecule has 0 bridgehead atoms. The molecule has 0 fully saturated rings. The number of nitrogens with zero attached hydrogens (tertiary/aromatic N) is 2. The Morgan fingerprint density at radius 3 is 2.88 bits per heavy atom. The van der Waals surface area contributed by atoms with Crippen molar-refractivity contribution in [2.24, 2.45) is 0 Å². The third kappa shape index (κ3) is 4.24. The van der Waals surface area contributed by atoms with Crippen molar-refractivity contribution in [2.75, 3.05) is 6.54 Å². The normalized spacial score (nSPS) is 12.0. The van der Waals surface area contributed by atoms with Crippen LogP contribution in [0.4, 0.5) is 0 Å². The SMILES string of the molecule is CC(NC(=O)c1cccs1)C(=O)NCCCn1cnc2ccccc21. The van der Waals surface area contributed by atoms with Gasteiger partial charge in [-0.2, -0.15) is 0 Å². The number of hydrogen-bond donors (Lipinski definition) is 2. The molecule has 0 aliphatic heterocycles. The van der Waals surface area contributed by atoms with Gasteiger partial charge in [0.1, 0.15) is 6.04 Å². The number of benzene rings is 1. The first-order chi connectivity index (χ1) is 12.1. The highest BCUT2D eigenvalue weighted by Gasteiger charge is 2.16. The van der Waals surface area contributed by atoms with Gasteiger partial charge in [0.25, 0.3) is 5.91 Å². The number of carbonyl (C=O) groups is 2. The van der Waals surface area contributed by atoms with E-state index in [0.29, 0.717) is 11.4 Å². The largest absolute Gasteiger partial charge is 0.354 e. The predicted octanol–water partition coefficient (Wildman–Crippen LogP) is 2.42. The van der Waals surface area contributed by atoms with Crippen LogP contribution in [-0.2, 0) is 11.3 Å². The van der Waals surface area contributed by atoms with Crippen LogP contribution in [0.3, 0.4) is 0 Å². The molecule has 0 saturated carbocycles. The number of para-hydroxylation sites is 2. The van der Waals surface area contributed by atoms with Gasteiger partial charge in [0.2, 0.25) is 5.91 Å². The van der Waals surface area contributed by atoms with Crippen molar-refractivity contribution in [3.05, 3.63) is 53.0 Å². The van der Waals surface area contributed by atoms with Crippen molar-refractivity contribution in [1.82, 2.24) is 20.2 Å². The first-order valence-corrected chi connectivity index (χ1v) is 9.05. The van der Waals surface area contributed by atoms with Crippen LogP contribution in [0.15, 0.2) is 48.1 Å². The number of carbonyl (C=O) groups excluding carboxylic acids is 2. The lowest BCUT2D eigenvalue weighted by molar-refractivity contribution is -0.122. The molecule has 1 atom stereocenters. The van der Waals surface area contributed by atoms with Crippen molar-refractivity contribution in [2.45, 2.75) is 25.9 Å². The first-order valence-electron chi connectivity index (χ1n) is 8.17. The monoisotopic (exact) mass is 356 g/mol. The number of amides is 2. The summed E-state index contributed by atoms with van der Waals surface area (Å²) >= 11 is 1.35. The predicted molar refractivity (Wildman–Crippen MR) is 98.6 cm³/mol. The van der Waals surface area contributed by atoms with E-state index in [-0.39, 0.29) is 11.8 Å². The van der Waals surface area contributed by atoms with Gasteiger partial charge in [-0.1, -0.05) is 18.2 Å². The van der Waals surface area contributed by atoms with Crippen LogP contribution < -0.4 is 10.6 Å². The van der Waals surface area contributed by atoms with Gasteiger partial charge in [0.05, 0.1) is 22.2 Å². The van der Waals surface area contributed by atoms with E-state index >= 15 is 0 Å². The molecular weight excluding hydrogens is 336 g/mol. The summed E-state index contributed by atoms with van der Waals surface area (Å²) in [7, 11) is 0. The van der Waals surface area contributed by atoms with Crippen molar-refractivity contribution in [3.63, 3.8) is 0 Å². The van der Waals surface area contributed by atoms with Crippen LogP contribution in [0.2, 0.25) is 0 Å². The lowest BCUT2D eigenvalue weighted by Gasteiger charge is -2.13. The fraction of sp³-hybridized carbons (Fsp3) is 0.278. The van der Waals surface area contributed by atoms with E-state index in [1.54, 1.807) is 13.0 Å². The van der Waals surface area contributed by atoms with Gasteiger partial charge in [0, 0.05) is 13.1 Å². The zero-order chi connectivity index (χ0) is 17.6. The van der Waals surface area contributed by atoms with Gasteiger partial charge in [-0.3, -0.25) is 9.59 Å². The number of aromatic nitrogens is 2. The summed E-state index contributed by atoms with van der Waals surface area (Å²) in [6, 6.07) is 10.9. The molecule has 6 nitrogen and oxygen atoms in total. The summed E-state index contributed by atoms with van der Waals surface area (Å²) in [5.74, 6) is -0.400. The van der Waals surface area contributed by atoms with Crippen molar-refractivity contribution in [3.8, 4) is 0 Å². The molecule has 1 unspecified atom stereocenters. The van der Waals surface area contributed by atoms with E-state index < -0.39 is 6.04 Å². The smallest absolute Gasteiger partial charge is 0.261 e. The standard InChI is InChI=1S/C18H20N4O2S/c1-13(21-18(24)16-8-4-11-25-16)17(23)19-9-5-10-22-12-20-14-6-2-3-7-15(14)22/h2-4,6-8,11-13H,5,9-10H2,1H3,(H,19,23)(H,21,24). The molecule has 2 amide bonds. The summed E-state index contributed by atoms with van der Waals surface area (Å²) in [5.41, 5.74) is 2.06. The van der Waals surface area contributed by atoms with Gasteiger partial charge < -0.3 is 15.2 Å². The number of aryl methyl sites for hydroxylation is 1. The van der Waals surface area contributed by atoms with Crippen LogP contribution in [0.5, 0.6) is 0 Å². The van der Waals surface area contributed by atoms with E-state index in [4.69, 9.17) is 0 Å². The Morgan fingerprint density at radius 2 is 2.08 bits per heavy atom. The van der Waals surface area contributed by atoms with E-state index in [2.05, 4.69) is 20.2 Å². The Hall–Kier alpha value is -2.67. The fourth-order valence-electron chi connectivity index (χ4n) is 2.54. The van der Waals surface area contributed by atoms with Gasteiger partial charge in [-0.05, 0) is 36.9 Å². The molecule has 0 radical (unpaired) electrons. The summed E-state index contributed by atoms with van der Waals surface area (Å²) in [6.07, 6.45) is 2.61.